The summed E-state index contributed by atoms with van der Waals surface area (Å²) in [6.07, 6.45) is 3.11. The van der Waals surface area contributed by atoms with Crippen molar-refractivity contribution in [1.82, 2.24) is 15.0 Å². The lowest BCUT2D eigenvalue weighted by Gasteiger charge is -2.09. The average molecular weight is 416 g/mol. The van der Waals surface area contributed by atoms with E-state index in [0.29, 0.717) is 28.2 Å². The summed E-state index contributed by atoms with van der Waals surface area (Å²) in [5, 5.41) is 11.8. The largest absolute Gasteiger partial charge is 0.370 e. The minimum absolute atomic E-state index is 0.0197. The molecule has 0 spiro atoms. The molecule has 5 nitrogen and oxygen atoms in total. The fraction of sp³-hybridized carbons (Fsp3) is 0.111. The molecule has 26 heavy (non-hydrogen) atoms. The van der Waals surface area contributed by atoms with Crippen molar-refractivity contribution in [1.29, 1.82) is 5.26 Å². The quantitative estimate of drug-likeness (QED) is 0.678. The van der Waals surface area contributed by atoms with E-state index >= 15 is 0 Å². The van der Waals surface area contributed by atoms with Crippen molar-refractivity contribution in [3.8, 4) is 17.3 Å². The number of pyridine rings is 1. The van der Waals surface area contributed by atoms with Crippen LogP contribution in [-0.4, -0.2) is 21.5 Å². The van der Waals surface area contributed by atoms with Crippen molar-refractivity contribution < 1.29 is 8.78 Å². The van der Waals surface area contributed by atoms with Crippen LogP contribution in [0.15, 0.2) is 47.3 Å². The summed E-state index contributed by atoms with van der Waals surface area (Å²) < 4.78 is 28.0. The zero-order chi connectivity index (χ0) is 18.5. The van der Waals surface area contributed by atoms with Gasteiger partial charge in [-0.2, -0.15) is 5.26 Å². The molecule has 0 atom stereocenters. The highest BCUT2D eigenvalue weighted by Crippen LogP contribution is 2.21. The van der Waals surface area contributed by atoms with Gasteiger partial charge in [0.2, 0.25) is 0 Å². The molecule has 0 saturated carbocycles. The lowest BCUT2D eigenvalue weighted by Crippen LogP contribution is -2.09. The summed E-state index contributed by atoms with van der Waals surface area (Å²) in [7, 11) is 0. The van der Waals surface area contributed by atoms with E-state index in [1.807, 2.05) is 6.07 Å². The molecule has 3 aromatic rings. The first-order valence-electron chi connectivity index (χ1n) is 7.62. The highest BCUT2D eigenvalue weighted by molar-refractivity contribution is 9.10. The van der Waals surface area contributed by atoms with Gasteiger partial charge in [-0.1, -0.05) is 15.9 Å². The van der Waals surface area contributed by atoms with E-state index in [0.717, 1.165) is 5.56 Å². The maximum atomic E-state index is 13.8. The number of benzene rings is 1. The van der Waals surface area contributed by atoms with Crippen molar-refractivity contribution >= 4 is 21.7 Å². The third-order valence-corrected chi connectivity index (χ3v) is 4.09. The predicted molar refractivity (Wildman–Crippen MR) is 96.2 cm³/mol. The maximum absolute atomic E-state index is 13.8. The molecule has 2 heterocycles. The van der Waals surface area contributed by atoms with Crippen LogP contribution in [0.5, 0.6) is 0 Å². The number of hydrogen-bond acceptors (Lipinski definition) is 5. The summed E-state index contributed by atoms with van der Waals surface area (Å²) in [6.45, 7) is 0.303. The monoisotopic (exact) mass is 415 g/mol. The highest BCUT2D eigenvalue weighted by Gasteiger charge is 2.10. The van der Waals surface area contributed by atoms with Crippen molar-refractivity contribution in [3.05, 3.63) is 70.2 Å². The van der Waals surface area contributed by atoms with Crippen LogP contribution < -0.4 is 5.32 Å². The van der Waals surface area contributed by atoms with Gasteiger partial charge in [0.05, 0.1) is 5.69 Å². The lowest BCUT2D eigenvalue weighted by molar-refractivity contribution is 0.555. The van der Waals surface area contributed by atoms with Crippen LogP contribution in [0.1, 0.15) is 11.3 Å². The van der Waals surface area contributed by atoms with Gasteiger partial charge in [-0.3, -0.25) is 0 Å². The molecule has 1 N–H and O–H groups in total. The van der Waals surface area contributed by atoms with Crippen LogP contribution in [0.25, 0.3) is 11.3 Å². The number of nitriles is 1. The maximum Gasteiger partial charge on any atom is 0.140 e. The Morgan fingerprint density at radius 1 is 1.08 bits per heavy atom. The van der Waals surface area contributed by atoms with Crippen molar-refractivity contribution in [2.45, 2.75) is 6.42 Å². The number of hydrogen-bond donors (Lipinski definition) is 1. The molecule has 0 fully saturated rings. The Kier molecular flexibility index (Phi) is 5.49. The van der Waals surface area contributed by atoms with Gasteiger partial charge in [0.15, 0.2) is 0 Å². The minimum Gasteiger partial charge on any atom is -0.370 e. The van der Waals surface area contributed by atoms with Gasteiger partial charge in [0, 0.05) is 34.4 Å². The molecule has 2 aromatic heterocycles. The number of aromatic nitrogens is 3. The zero-order valence-corrected chi connectivity index (χ0v) is 15.0. The standard InChI is InChI=1S/C18H12BrF2N5/c19-12-5-15(20)14(16(21)6-12)3-4-23-18-7-17(25-10-26-18)11-1-2-13(8-22)24-9-11/h1-2,5-7,9-10H,3-4H2,(H,23,25,26). The molecule has 8 heteroatoms. The van der Waals surface area contributed by atoms with Crippen molar-refractivity contribution in [2.75, 3.05) is 11.9 Å². The second-order valence-electron chi connectivity index (χ2n) is 5.36. The summed E-state index contributed by atoms with van der Waals surface area (Å²) in [4.78, 5) is 12.3. The predicted octanol–water partition coefficient (Wildman–Crippen LogP) is 4.11. The normalized spacial score (nSPS) is 10.4. The first-order valence-corrected chi connectivity index (χ1v) is 8.42. The summed E-state index contributed by atoms with van der Waals surface area (Å²) in [6, 6.07) is 9.47. The smallest absolute Gasteiger partial charge is 0.140 e. The van der Waals surface area contributed by atoms with E-state index in [9.17, 15) is 8.78 Å². The molecule has 130 valence electrons. The molecular weight excluding hydrogens is 404 g/mol. The summed E-state index contributed by atoms with van der Waals surface area (Å²) >= 11 is 3.06. The van der Waals surface area contributed by atoms with Gasteiger partial charge in [-0.05, 0) is 30.7 Å². The first kappa shape index (κ1) is 17.9. The second-order valence-corrected chi connectivity index (χ2v) is 6.27. The Morgan fingerprint density at radius 2 is 1.85 bits per heavy atom. The molecule has 0 amide bonds. The van der Waals surface area contributed by atoms with Crippen LogP contribution in [0, 0.1) is 23.0 Å². The van der Waals surface area contributed by atoms with Crippen LogP contribution in [0.4, 0.5) is 14.6 Å². The Labute approximate surface area is 156 Å². The Bertz CT molecular complexity index is 947. The van der Waals surface area contributed by atoms with E-state index in [1.165, 1.54) is 18.5 Å². The molecule has 0 aliphatic rings. The van der Waals surface area contributed by atoms with E-state index in [-0.39, 0.29) is 12.0 Å². The van der Waals surface area contributed by atoms with E-state index in [1.54, 1.807) is 24.4 Å². The van der Waals surface area contributed by atoms with Crippen LogP contribution in [-0.2, 0) is 6.42 Å². The van der Waals surface area contributed by atoms with E-state index in [4.69, 9.17) is 5.26 Å². The Hall–Kier alpha value is -2.92. The summed E-state index contributed by atoms with van der Waals surface area (Å²) in [5.74, 6) is -0.659. The number of anilines is 1. The minimum atomic E-state index is -0.592. The second kappa shape index (κ2) is 7.97. The number of rotatable bonds is 5. The average Bonchev–Trinajstić information content (AvgIpc) is 2.64. The fourth-order valence-corrected chi connectivity index (χ4v) is 2.75. The highest BCUT2D eigenvalue weighted by atomic mass is 79.9. The van der Waals surface area contributed by atoms with Gasteiger partial charge >= 0.3 is 0 Å². The first-order chi connectivity index (χ1) is 12.6. The third kappa shape index (κ3) is 4.18. The Balaban J connectivity index is 1.69. The lowest BCUT2D eigenvalue weighted by atomic mass is 10.1. The van der Waals surface area contributed by atoms with Crippen molar-refractivity contribution in [2.24, 2.45) is 0 Å². The zero-order valence-electron chi connectivity index (χ0n) is 13.4. The molecule has 0 bridgehead atoms. The van der Waals surface area contributed by atoms with Gasteiger partial charge in [-0.25, -0.2) is 23.7 Å². The molecule has 0 aliphatic heterocycles. The molecule has 1 aromatic carbocycles. The Morgan fingerprint density at radius 3 is 2.50 bits per heavy atom. The molecule has 0 unspecified atom stereocenters. The third-order valence-electron chi connectivity index (χ3n) is 3.63. The van der Waals surface area contributed by atoms with Gasteiger partial charge < -0.3 is 5.32 Å². The SMILES string of the molecule is N#Cc1ccc(-c2cc(NCCc3c(F)cc(Br)cc3F)ncn2)cn1. The van der Waals surface area contributed by atoms with Crippen LogP contribution in [0.3, 0.4) is 0 Å². The summed E-state index contributed by atoms with van der Waals surface area (Å²) in [5.41, 5.74) is 1.70. The molecule has 0 saturated heterocycles. The van der Waals surface area contributed by atoms with Gasteiger partial charge in [-0.15, -0.1) is 0 Å². The van der Waals surface area contributed by atoms with Crippen molar-refractivity contribution in [3.63, 3.8) is 0 Å². The van der Waals surface area contributed by atoms with E-state index in [2.05, 4.69) is 36.2 Å². The van der Waals surface area contributed by atoms with Crippen LogP contribution >= 0.6 is 15.9 Å². The van der Waals surface area contributed by atoms with E-state index < -0.39 is 11.6 Å². The molecule has 0 radical (unpaired) electrons. The van der Waals surface area contributed by atoms with Gasteiger partial charge in [0.25, 0.3) is 0 Å². The molecule has 0 aliphatic carbocycles. The number of nitrogens with one attached hydrogen (secondary N) is 1. The number of nitrogens with zero attached hydrogens (tertiary/aromatic N) is 4. The fourth-order valence-electron chi connectivity index (χ4n) is 2.35. The molecular formula is C18H12BrF2N5. The topological polar surface area (TPSA) is 74.5 Å². The van der Waals surface area contributed by atoms with Crippen LogP contribution in [0.2, 0.25) is 0 Å². The van der Waals surface area contributed by atoms with Gasteiger partial charge in [0.1, 0.15) is 35.5 Å². The molecule has 3 rings (SSSR count). The number of halogens is 3.